The minimum atomic E-state index is -1.02. The molecule has 0 saturated heterocycles. The molecular weight excluding hydrogens is 719 g/mol. The Hall–Kier alpha value is -2.89. The van der Waals surface area contributed by atoms with E-state index >= 15 is 0 Å². The maximum Gasteiger partial charge on any atom is 0.322 e. The molecule has 0 radical (unpaired) electrons. The van der Waals surface area contributed by atoms with Gasteiger partial charge in [-0.25, -0.2) is 0 Å². The summed E-state index contributed by atoms with van der Waals surface area (Å²) in [6.45, 7) is 4.13. The first-order valence-electron chi connectivity index (χ1n) is 24.4. The number of hydrogen-bond donors (Lipinski definition) is 2. The molecule has 0 aromatic carbocycles. The number of rotatable bonds is 44. The number of aliphatic carboxylic acids is 1. The van der Waals surface area contributed by atoms with Gasteiger partial charge in [-0.2, -0.15) is 0 Å². The van der Waals surface area contributed by atoms with Crippen LogP contribution in [0.3, 0.4) is 0 Å². The maximum absolute atomic E-state index is 12.8. The van der Waals surface area contributed by atoms with Crippen LogP contribution < -0.4 is 5.32 Å². The highest BCUT2D eigenvalue weighted by Crippen LogP contribution is 2.19. The van der Waals surface area contributed by atoms with Crippen molar-refractivity contribution in [2.75, 3.05) is 6.54 Å². The first kappa shape index (κ1) is 55.1. The Morgan fingerprint density at radius 3 is 1.29 bits per heavy atom. The number of carboxylic acid groups (broad SMARTS) is 1. The first-order chi connectivity index (χ1) is 28.5. The van der Waals surface area contributed by atoms with E-state index in [9.17, 15) is 14.4 Å². The predicted molar refractivity (Wildman–Crippen MR) is 249 cm³/mol. The molecule has 0 bridgehead atoms. The van der Waals surface area contributed by atoms with E-state index in [0.29, 0.717) is 12.8 Å². The van der Waals surface area contributed by atoms with E-state index in [0.717, 1.165) is 103 Å². The van der Waals surface area contributed by atoms with Crippen molar-refractivity contribution < 1.29 is 24.2 Å². The van der Waals surface area contributed by atoms with Gasteiger partial charge >= 0.3 is 11.9 Å². The zero-order valence-corrected chi connectivity index (χ0v) is 37.9. The lowest BCUT2D eigenvalue weighted by Gasteiger charge is -2.18. The van der Waals surface area contributed by atoms with Gasteiger partial charge in [-0.1, -0.05) is 203 Å². The molecule has 1 amide bonds. The van der Waals surface area contributed by atoms with Crippen molar-refractivity contribution in [3.63, 3.8) is 0 Å². The molecule has 0 heterocycles. The third-order valence-electron chi connectivity index (χ3n) is 10.7. The van der Waals surface area contributed by atoms with Crippen molar-refractivity contribution >= 4 is 17.8 Å². The highest BCUT2D eigenvalue weighted by Gasteiger charge is 2.14. The number of allylic oxidation sites excluding steroid dienone is 10. The van der Waals surface area contributed by atoms with E-state index in [1.165, 1.54) is 109 Å². The fourth-order valence-corrected chi connectivity index (χ4v) is 7.13. The number of carboxylic acids is 1. The molecule has 2 N–H and O–H groups in total. The number of ether oxygens (including phenoxy) is 1. The fourth-order valence-electron chi connectivity index (χ4n) is 7.13. The molecule has 0 aromatic heterocycles. The van der Waals surface area contributed by atoms with Gasteiger partial charge in [0, 0.05) is 12.8 Å². The molecule has 58 heavy (non-hydrogen) atoms. The lowest BCUT2D eigenvalue weighted by molar-refractivity contribution is -0.150. The maximum atomic E-state index is 12.8. The normalized spacial score (nSPS) is 12.6. The second-order valence-corrected chi connectivity index (χ2v) is 16.3. The number of esters is 1. The van der Waals surface area contributed by atoms with Gasteiger partial charge in [-0.3, -0.25) is 14.4 Å². The van der Waals surface area contributed by atoms with Crippen LogP contribution in [0.15, 0.2) is 60.8 Å². The molecule has 1 unspecified atom stereocenters. The van der Waals surface area contributed by atoms with Crippen LogP contribution in [-0.4, -0.2) is 35.6 Å². The minimum absolute atomic E-state index is 0.0136. The summed E-state index contributed by atoms with van der Waals surface area (Å²) in [4.78, 5) is 35.2. The summed E-state index contributed by atoms with van der Waals surface area (Å²) in [5.41, 5.74) is 0. The monoisotopic (exact) mass is 810 g/mol. The van der Waals surface area contributed by atoms with Crippen LogP contribution in [0.25, 0.3) is 0 Å². The predicted octanol–water partition coefficient (Wildman–Crippen LogP) is 15.6. The molecular formula is C52H91NO5. The number of carbonyl (C=O) groups excluding carboxylic acids is 2. The minimum Gasteiger partial charge on any atom is -0.480 e. The summed E-state index contributed by atoms with van der Waals surface area (Å²) in [7, 11) is 0. The summed E-state index contributed by atoms with van der Waals surface area (Å²) in [6, 6.07) is 0. The molecule has 0 rings (SSSR count). The molecule has 0 aliphatic heterocycles. The average molecular weight is 810 g/mol. The highest BCUT2D eigenvalue weighted by atomic mass is 16.5. The van der Waals surface area contributed by atoms with Gasteiger partial charge in [0.1, 0.15) is 12.6 Å². The first-order valence-corrected chi connectivity index (χ1v) is 24.4. The Morgan fingerprint density at radius 1 is 0.466 bits per heavy atom. The van der Waals surface area contributed by atoms with Gasteiger partial charge in [0.25, 0.3) is 0 Å². The zero-order chi connectivity index (χ0) is 42.3. The molecule has 6 heteroatoms. The van der Waals surface area contributed by atoms with Crippen molar-refractivity contribution in [3.05, 3.63) is 60.8 Å². The number of amides is 1. The molecule has 0 aliphatic rings. The SMILES string of the molecule is CC/C=C\C/C=C\C/C=C\C/C=C\C/C=C\CCCCCCCC(=O)OC(CCCCCCCCCCCCCCCCC)CCCCCCCC(=O)NCC(=O)O. The van der Waals surface area contributed by atoms with Crippen LogP contribution in [0.4, 0.5) is 0 Å². The summed E-state index contributed by atoms with van der Waals surface area (Å²) in [6.07, 6.45) is 62.1. The zero-order valence-electron chi connectivity index (χ0n) is 37.9. The van der Waals surface area contributed by atoms with Gasteiger partial charge in [0.15, 0.2) is 0 Å². The van der Waals surface area contributed by atoms with Gasteiger partial charge < -0.3 is 15.2 Å². The fraction of sp³-hybridized carbons (Fsp3) is 0.750. The third-order valence-corrected chi connectivity index (χ3v) is 10.7. The number of carbonyl (C=O) groups is 3. The number of nitrogens with one attached hydrogen (secondary N) is 1. The Kier molecular flexibility index (Phi) is 44.5. The van der Waals surface area contributed by atoms with E-state index in [1.807, 2.05) is 0 Å². The summed E-state index contributed by atoms with van der Waals surface area (Å²) >= 11 is 0. The Morgan fingerprint density at radius 2 is 0.845 bits per heavy atom. The average Bonchev–Trinajstić information content (AvgIpc) is 3.21. The second kappa shape index (κ2) is 46.8. The van der Waals surface area contributed by atoms with Crippen molar-refractivity contribution in [1.82, 2.24) is 5.32 Å². The van der Waals surface area contributed by atoms with Crippen LogP contribution in [0.2, 0.25) is 0 Å². The van der Waals surface area contributed by atoms with E-state index in [-0.39, 0.29) is 24.5 Å². The van der Waals surface area contributed by atoms with Crippen LogP contribution in [0, 0.1) is 0 Å². The molecule has 0 aliphatic carbocycles. The molecule has 6 nitrogen and oxygen atoms in total. The largest absolute Gasteiger partial charge is 0.480 e. The Balaban J connectivity index is 4.18. The van der Waals surface area contributed by atoms with Crippen LogP contribution in [-0.2, 0) is 19.1 Å². The van der Waals surface area contributed by atoms with Crippen LogP contribution in [0.5, 0.6) is 0 Å². The van der Waals surface area contributed by atoms with Crippen LogP contribution >= 0.6 is 0 Å². The van der Waals surface area contributed by atoms with Gasteiger partial charge in [-0.15, -0.1) is 0 Å². The quantitative estimate of drug-likeness (QED) is 0.0363. The number of unbranched alkanes of at least 4 members (excludes halogenated alkanes) is 23. The summed E-state index contributed by atoms with van der Waals surface area (Å²) < 4.78 is 6.06. The van der Waals surface area contributed by atoms with E-state index in [2.05, 4.69) is 79.9 Å². The van der Waals surface area contributed by atoms with Crippen LogP contribution in [0.1, 0.15) is 239 Å². The van der Waals surface area contributed by atoms with E-state index < -0.39 is 5.97 Å². The van der Waals surface area contributed by atoms with Crippen molar-refractivity contribution in [3.8, 4) is 0 Å². The van der Waals surface area contributed by atoms with E-state index in [1.54, 1.807) is 0 Å². The van der Waals surface area contributed by atoms with Crippen molar-refractivity contribution in [1.29, 1.82) is 0 Å². The Labute approximate surface area is 358 Å². The standard InChI is InChI=1S/C52H91NO5/c1-3-5-7-9-11-13-15-17-19-20-21-22-23-24-26-28-30-32-34-39-43-47-52(57)58-49(45-41-37-35-38-42-46-50(54)53-48-51(55)56)44-40-36-33-31-29-27-25-18-16-14-12-10-8-6-4-2/h5,7,11,13,17,19,21-22,24,26,49H,3-4,6,8-10,12,14-16,18,20,23,25,27-48H2,1-2H3,(H,53,54)(H,55,56)/b7-5-,13-11-,19-17-,22-21-,26-24-. The lowest BCUT2D eigenvalue weighted by atomic mass is 10.0. The second-order valence-electron chi connectivity index (χ2n) is 16.3. The smallest absolute Gasteiger partial charge is 0.322 e. The summed E-state index contributed by atoms with van der Waals surface area (Å²) in [5.74, 6) is -1.24. The third kappa shape index (κ3) is 45.8. The van der Waals surface area contributed by atoms with Gasteiger partial charge in [0.05, 0.1) is 0 Å². The lowest BCUT2D eigenvalue weighted by Crippen LogP contribution is -2.28. The highest BCUT2D eigenvalue weighted by molar-refractivity contribution is 5.80. The van der Waals surface area contributed by atoms with E-state index in [4.69, 9.17) is 9.84 Å². The molecule has 0 saturated carbocycles. The molecule has 334 valence electrons. The van der Waals surface area contributed by atoms with Crippen molar-refractivity contribution in [2.24, 2.45) is 0 Å². The van der Waals surface area contributed by atoms with Gasteiger partial charge in [0.2, 0.25) is 5.91 Å². The molecule has 1 atom stereocenters. The summed E-state index contributed by atoms with van der Waals surface area (Å²) in [5, 5.41) is 11.1. The topological polar surface area (TPSA) is 92.7 Å². The molecule has 0 spiro atoms. The molecule has 0 aromatic rings. The number of hydrogen-bond acceptors (Lipinski definition) is 4. The molecule has 0 fully saturated rings. The Bertz CT molecular complexity index is 1070. The van der Waals surface area contributed by atoms with Gasteiger partial charge in [-0.05, 0) is 83.5 Å². The van der Waals surface area contributed by atoms with Crippen molar-refractivity contribution in [2.45, 2.75) is 245 Å².